The molecular formula is C18H14F3N5O. The van der Waals surface area contributed by atoms with Gasteiger partial charge in [0.05, 0.1) is 23.6 Å². The molecule has 0 bridgehead atoms. The zero-order valence-corrected chi connectivity index (χ0v) is 13.9. The molecule has 1 amide bonds. The van der Waals surface area contributed by atoms with Gasteiger partial charge in [-0.15, -0.1) is 0 Å². The largest absolute Gasteiger partial charge is 0.418 e. The Morgan fingerprint density at radius 1 is 1.00 bits per heavy atom. The summed E-state index contributed by atoms with van der Waals surface area (Å²) < 4.78 is 39.0. The number of benzene rings is 1. The molecule has 0 aliphatic carbocycles. The van der Waals surface area contributed by atoms with Crippen LogP contribution in [-0.4, -0.2) is 20.9 Å². The van der Waals surface area contributed by atoms with E-state index >= 15 is 0 Å². The lowest BCUT2D eigenvalue weighted by Crippen LogP contribution is -2.18. The van der Waals surface area contributed by atoms with Crippen LogP contribution in [0.3, 0.4) is 0 Å². The summed E-state index contributed by atoms with van der Waals surface area (Å²) >= 11 is 0. The summed E-state index contributed by atoms with van der Waals surface area (Å²) in [4.78, 5) is 24.1. The van der Waals surface area contributed by atoms with Gasteiger partial charge in [0.15, 0.2) is 0 Å². The van der Waals surface area contributed by atoms with Gasteiger partial charge in [0.2, 0.25) is 0 Å². The summed E-state index contributed by atoms with van der Waals surface area (Å²) in [5.74, 6) is -0.348. The smallest absolute Gasteiger partial charge is 0.365 e. The third-order valence-corrected chi connectivity index (χ3v) is 3.59. The van der Waals surface area contributed by atoms with Gasteiger partial charge in [0, 0.05) is 18.9 Å². The molecule has 1 aromatic carbocycles. The highest BCUT2D eigenvalue weighted by Crippen LogP contribution is 2.34. The third kappa shape index (κ3) is 4.78. The van der Waals surface area contributed by atoms with Crippen LogP contribution in [0.1, 0.15) is 21.6 Å². The van der Waals surface area contributed by atoms with Crippen molar-refractivity contribution < 1.29 is 18.0 Å². The Labute approximate surface area is 152 Å². The average molecular weight is 373 g/mol. The van der Waals surface area contributed by atoms with Crippen molar-refractivity contribution in [3.63, 3.8) is 0 Å². The number of hydrogen-bond donors (Lipinski definition) is 2. The molecule has 2 heterocycles. The lowest BCUT2D eigenvalue weighted by atomic mass is 10.1. The molecule has 27 heavy (non-hydrogen) atoms. The van der Waals surface area contributed by atoms with Gasteiger partial charge >= 0.3 is 6.18 Å². The fraction of sp³-hybridized carbons (Fsp3) is 0.111. The Morgan fingerprint density at radius 3 is 2.41 bits per heavy atom. The first-order valence-corrected chi connectivity index (χ1v) is 7.86. The topological polar surface area (TPSA) is 79.8 Å². The van der Waals surface area contributed by atoms with Crippen molar-refractivity contribution in [1.29, 1.82) is 0 Å². The van der Waals surface area contributed by atoms with Crippen LogP contribution in [-0.2, 0) is 12.7 Å². The molecule has 9 heteroatoms. The number of halogens is 3. The number of carbonyl (C=O) groups is 1. The van der Waals surface area contributed by atoms with Crippen LogP contribution in [0.25, 0.3) is 0 Å². The number of amides is 1. The van der Waals surface area contributed by atoms with Gasteiger partial charge in [-0.2, -0.15) is 13.2 Å². The number of alkyl halides is 3. The first-order chi connectivity index (χ1) is 12.9. The van der Waals surface area contributed by atoms with Crippen molar-refractivity contribution in [3.8, 4) is 0 Å². The highest BCUT2D eigenvalue weighted by Gasteiger charge is 2.33. The second-order valence-corrected chi connectivity index (χ2v) is 5.49. The minimum atomic E-state index is -4.57. The lowest BCUT2D eigenvalue weighted by molar-refractivity contribution is -0.136. The van der Waals surface area contributed by atoms with E-state index in [9.17, 15) is 18.0 Å². The summed E-state index contributed by atoms with van der Waals surface area (Å²) in [5.41, 5.74) is -0.377. The predicted molar refractivity (Wildman–Crippen MR) is 93.0 cm³/mol. The molecule has 0 aliphatic rings. The monoisotopic (exact) mass is 373 g/mol. The zero-order chi connectivity index (χ0) is 19.3. The Morgan fingerprint density at radius 2 is 1.74 bits per heavy atom. The normalized spacial score (nSPS) is 11.1. The Balaban J connectivity index is 1.66. The summed E-state index contributed by atoms with van der Waals surface area (Å²) in [6.45, 7) is 0.488. The molecule has 2 N–H and O–H groups in total. The van der Waals surface area contributed by atoms with Crippen molar-refractivity contribution in [1.82, 2.24) is 15.0 Å². The van der Waals surface area contributed by atoms with E-state index in [0.717, 1.165) is 11.6 Å². The van der Waals surface area contributed by atoms with Gasteiger partial charge in [0.25, 0.3) is 5.91 Å². The summed E-state index contributed by atoms with van der Waals surface area (Å²) in [6.07, 6.45) is 1.28. The summed E-state index contributed by atoms with van der Waals surface area (Å²) in [5, 5.41) is 5.25. The molecule has 0 saturated heterocycles. The van der Waals surface area contributed by atoms with E-state index in [1.54, 1.807) is 12.4 Å². The molecule has 6 nitrogen and oxygen atoms in total. The van der Waals surface area contributed by atoms with Crippen LogP contribution in [0, 0.1) is 0 Å². The van der Waals surface area contributed by atoms with Crippen molar-refractivity contribution >= 4 is 17.4 Å². The van der Waals surface area contributed by atoms with Crippen LogP contribution in [0.15, 0.2) is 61.2 Å². The quantitative estimate of drug-likeness (QED) is 0.712. The van der Waals surface area contributed by atoms with E-state index in [1.165, 1.54) is 30.6 Å². The van der Waals surface area contributed by atoms with E-state index in [1.807, 2.05) is 12.1 Å². The maximum atomic E-state index is 13.0. The van der Waals surface area contributed by atoms with Crippen molar-refractivity contribution in [2.45, 2.75) is 12.7 Å². The van der Waals surface area contributed by atoms with Gasteiger partial charge in [-0.25, -0.2) is 9.97 Å². The number of nitrogens with zero attached hydrogens (tertiary/aromatic N) is 3. The highest BCUT2D eigenvalue weighted by atomic mass is 19.4. The number of aromatic nitrogens is 3. The summed E-state index contributed by atoms with van der Waals surface area (Å²) in [6, 6.07) is 8.40. The maximum Gasteiger partial charge on any atom is 0.418 e. The van der Waals surface area contributed by atoms with Gasteiger partial charge < -0.3 is 10.6 Å². The molecule has 0 unspecified atom stereocenters. The molecule has 0 saturated carbocycles. The molecule has 0 fully saturated rings. The van der Waals surface area contributed by atoms with E-state index < -0.39 is 17.6 Å². The Hall–Kier alpha value is -3.49. The highest BCUT2D eigenvalue weighted by molar-refractivity contribution is 6.03. The summed E-state index contributed by atoms with van der Waals surface area (Å²) in [7, 11) is 0. The van der Waals surface area contributed by atoms with Gasteiger partial charge in [0.1, 0.15) is 11.5 Å². The Kier molecular flexibility index (Phi) is 5.30. The minimum absolute atomic E-state index is 0.0959. The molecule has 3 aromatic rings. The SMILES string of the molecule is O=C(Nc1ccccc1C(F)(F)F)c1cnc(NCc2ccncc2)cn1. The second kappa shape index (κ2) is 7.81. The van der Waals surface area contributed by atoms with Crippen LogP contribution < -0.4 is 10.6 Å². The molecule has 2 aromatic heterocycles. The number of pyridine rings is 1. The first-order valence-electron chi connectivity index (χ1n) is 7.86. The standard InChI is InChI=1S/C18H14F3N5O/c19-18(20,21)13-3-1-2-4-14(13)26-17(27)15-10-25-16(11-23-15)24-9-12-5-7-22-8-6-12/h1-8,10-11H,9H2,(H,24,25)(H,26,27). The number of para-hydroxylation sites is 1. The molecule has 138 valence electrons. The minimum Gasteiger partial charge on any atom is -0.365 e. The van der Waals surface area contributed by atoms with E-state index in [4.69, 9.17) is 0 Å². The fourth-order valence-corrected chi connectivity index (χ4v) is 2.26. The van der Waals surface area contributed by atoms with Gasteiger partial charge in [-0.3, -0.25) is 9.78 Å². The Bertz CT molecular complexity index is 914. The number of carbonyl (C=O) groups excluding carboxylic acids is 1. The second-order valence-electron chi connectivity index (χ2n) is 5.49. The first kappa shape index (κ1) is 18.3. The molecule has 0 atom stereocenters. The molecule has 0 spiro atoms. The predicted octanol–water partition coefficient (Wildman–Crippen LogP) is 3.75. The van der Waals surface area contributed by atoms with Gasteiger partial charge in [-0.05, 0) is 29.8 Å². The molecule has 0 aliphatic heterocycles. The number of anilines is 2. The third-order valence-electron chi connectivity index (χ3n) is 3.59. The van der Waals surface area contributed by atoms with Crippen LogP contribution >= 0.6 is 0 Å². The maximum absolute atomic E-state index is 13.0. The van der Waals surface area contributed by atoms with E-state index in [-0.39, 0.29) is 11.4 Å². The number of hydrogen-bond acceptors (Lipinski definition) is 5. The average Bonchev–Trinajstić information content (AvgIpc) is 2.67. The molecular weight excluding hydrogens is 359 g/mol. The number of rotatable bonds is 5. The van der Waals surface area contributed by atoms with Crippen molar-refractivity contribution in [2.24, 2.45) is 0 Å². The van der Waals surface area contributed by atoms with E-state index in [0.29, 0.717) is 12.4 Å². The van der Waals surface area contributed by atoms with Crippen molar-refractivity contribution in [2.75, 3.05) is 10.6 Å². The molecule has 3 rings (SSSR count). The molecule has 0 radical (unpaired) electrons. The zero-order valence-electron chi connectivity index (χ0n) is 13.9. The lowest BCUT2D eigenvalue weighted by Gasteiger charge is -2.13. The van der Waals surface area contributed by atoms with Crippen LogP contribution in [0.2, 0.25) is 0 Å². The van der Waals surface area contributed by atoms with Crippen molar-refractivity contribution in [3.05, 3.63) is 78.0 Å². The number of nitrogens with one attached hydrogen (secondary N) is 2. The fourth-order valence-electron chi connectivity index (χ4n) is 2.26. The van der Waals surface area contributed by atoms with Crippen LogP contribution in [0.5, 0.6) is 0 Å². The van der Waals surface area contributed by atoms with Crippen LogP contribution in [0.4, 0.5) is 24.7 Å². The van der Waals surface area contributed by atoms with Gasteiger partial charge in [-0.1, -0.05) is 12.1 Å². The van der Waals surface area contributed by atoms with E-state index in [2.05, 4.69) is 25.6 Å².